The minimum absolute atomic E-state index is 0.178. The number of aliphatic imine (C=N–C) groups is 1. The molecule has 6 nitrogen and oxygen atoms in total. The molecular formula is C17H22N4O2. The highest BCUT2D eigenvalue weighted by Gasteiger charge is 2.23. The lowest BCUT2D eigenvalue weighted by Gasteiger charge is -2.16. The second kappa shape index (κ2) is 7.09. The highest BCUT2D eigenvalue weighted by atomic mass is 16.1. The number of guanidine groups is 1. The zero-order valence-electron chi connectivity index (χ0n) is 13.3. The molecule has 0 spiro atoms. The molecule has 0 bridgehead atoms. The predicted molar refractivity (Wildman–Crippen MR) is 91.0 cm³/mol. The number of ketones is 1. The average Bonchev–Trinajstić information content (AvgIpc) is 2.79. The predicted octanol–water partition coefficient (Wildman–Crippen LogP) is 1.79. The van der Waals surface area contributed by atoms with Gasteiger partial charge in [-0.3, -0.25) is 9.59 Å². The minimum Gasteiger partial charge on any atom is -0.370 e. The van der Waals surface area contributed by atoms with Gasteiger partial charge in [0, 0.05) is 25.1 Å². The fourth-order valence-corrected chi connectivity index (χ4v) is 2.86. The summed E-state index contributed by atoms with van der Waals surface area (Å²) in [5.74, 6) is -0.582. The van der Waals surface area contributed by atoms with Crippen LogP contribution in [0, 0.1) is 0 Å². The van der Waals surface area contributed by atoms with Crippen molar-refractivity contribution in [2.45, 2.75) is 39.2 Å². The van der Waals surface area contributed by atoms with Crippen LogP contribution in [0.1, 0.15) is 47.9 Å². The molecule has 6 heteroatoms. The van der Waals surface area contributed by atoms with E-state index in [0.717, 1.165) is 29.7 Å². The van der Waals surface area contributed by atoms with Gasteiger partial charge in [-0.15, -0.1) is 0 Å². The summed E-state index contributed by atoms with van der Waals surface area (Å²) in [6.07, 6.45) is 6.08. The van der Waals surface area contributed by atoms with E-state index in [1.807, 2.05) is 17.6 Å². The summed E-state index contributed by atoms with van der Waals surface area (Å²) in [6.45, 7) is 6.29. The van der Waals surface area contributed by atoms with E-state index >= 15 is 0 Å². The molecule has 0 aromatic carbocycles. The number of aromatic nitrogens is 1. The van der Waals surface area contributed by atoms with E-state index in [9.17, 15) is 9.59 Å². The van der Waals surface area contributed by atoms with Gasteiger partial charge < -0.3 is 16.0 Å². The van der Waals surface area contributed by atoms with E-state index in [1.165, 1.54) is 0 Å². The summed E-state index contributed by atoms with van der Waals surface area (Å²) >= 11 is 0. The fourth-order valence-electron chi connectivity index (χ4n) is 2.86. The summed E-state index contributed by atoms with van der Waals surface area (Å²) < 4.78 is 1.88. The van der Waals surface area contributed by atoms with Crippen molar-refractivity contribution >= 4 is 23.2 Å². The third-order valence-electron chi connectivity index (χ3n) is 3.90. The van der Waals surface area contributed by atoms with Gasteiger partial charge in [0.2, 0.25) is 0 Å². The average molecular weight is 314 g/mol. The molecule has 1 aliphatic rings. The maximum absolute atomic E-state index is 12.3. The maximum atomic E-state index is 12.3. The van der Waals surface area contributed by atoms with Gasteiger partial charge in [0.15, 0.2) is 5.96 Å². The first-order chi connectivity index (χ1) is 10.9. The van der Waals surface area contributed by atoms with Crippen LogP contribution in [0.3, 0.4) is 0 Å². The van der Waals surface area contributed by atoms with E-state index < -0.39 is 5.91 Å². The van der Waals surface area contributed by atoms with Crippen molar-refractivity contribution in [2.75, 3.05) is 0 Å². The molecule has 0 aliphatic carbocycles. The maximum Gasteiger partial charge on any atom is 0.296 e. The standard InChI is InChI=1S/C17H22N4O2/c1-3-6-11(2)13-10-15(16(23)20-17(18)19)21-8-5-4-7-12(22)9-14(13)21/h3,6,10H,1,4-5,7-9H2,2H3,(H4,18,19,20,23)/b11-6-. The van der Waals surface area contributed by atoms with Gasteiger partial charge in [-0.1, -0.05) is 18.7 Å². The second-order valence-corrected chi connectivity index (χ2v) is 5.64. The lowest BCUT2D eigenvalue weighted by molar-refractivity contribution is -0.118. The number of fused-ring (bicyclic) bond motifs is 1. The molecule has 1 amide bonds. The number of allylic oxidation sites excluding steroid dienone is 3. The van der Waals surface area contributed by atoms with Gasteiger partial charge in [-0.2, -0.15) is 4.99 Å². The Hall–Kier alpha value is -2.63. The van der Waals surface area contributed by atoms with Crippen LogP contribution >= 0.6 is 0 Å². The molecule has 23 heavy (non-hydrogen) atoms. The highest BCUT2D eigenvalue weighted by Crippen LogP contribution is 2.27. The van der Waals surface area contributed by atoms with Crippen molar-refractivity contribution in [3.05, 3.63) is 41.7 Å². The molecule has 4 N–H and O–H groups in total. The number of carbonyl (C=O) groups excluding carboxylic acids is 2. The van der Waals surface area contributed by atoms with Gasteiger partial charge in [0.25, 0.3) is 5.91 Å². The van der Waals surface area contributed by atoms with Crippen LogP contribution in [0.4, 0.5) is 0 Å². The Morgan fingerprint density at radius 2 is 2.13 bits per heavy atom. The Labute approximate surface area is 135 Å². The molecule has 2 rings (SSSR count). The normalized spacial score (nSPS) is 15.3. The SMILES string of the molecule is C=C/C=C(/C)c1cc(C(=O)N=C(N)N)n2c1CC(=O)CCCC2. The van der Waals surface area contributed by atoms with Gasteiger partial charge in [-0.05, 0) is 37.0 Å². The zero-order valence-corrected chi connectivity index (χ0v) is 13.3. The first-order valence-electron chi connectivity index (χ1n) is 7.61. The number of Topliss-reactive ketones (excluding diaryl/α,β-unsaturated/α-hetero) is 1. The van der Waals surface area contributed by atoms with Crippen molar-refractivity contribution in [3.8, 4) is 0 Å². The minimum atomic E-state index is -0.489. The third-order valence-corrected chi connectivity index (χ3v) is 3.90. The second-order valence-electron chi connectivity index (χ2n) is 5.64. The van der Waals surface area contributed by atoms with Crippen molar-refractivity contribution in [1.29, 1.82) is 0 Å². The first kappa shape index (κ1) is 16.7. The number of nitrogens with two attached hydrogens (primary N) is 2. The Morgan fingerprint density at radius 3 is 2.78 bits per heavy atom. The molecule has 0 saturated carbocycles. The molecule has 0 saturated heterocycles. The smallest absolute Gasteiger partial charge is 0.296 e. The molecular weight excluding hydrogens is 292 g/mol. The van der Waals surface area contributed by atoms with Crippen LogP contribution in [0.25, 0.3) is 5.57 Å². The number of hydrogen-bond acceptors (Lipinski definition) is 2. The van der Waals surface area contributed by atoms with E-state index in [4.69, 9.17) is 11.5 Å². The number of rotatable bonds is 3. The monoisotopic (exact) mass is 314 g/mol. The van der Waals surface area contributed by atoms with Gasteiger partial charge in [0.1, 0.15) is 11.5 Å². The zero-order chi connectivity index (χ0) is 17.0. The molecule has 1 aliphatic heterocycles. The lowest BCUT2D eigenvalue weighted by Crippen LogP contribution is -2.25. The molecule has 0 fully saturated rings. The van der Waals surface area contributed by atoms with Crippen molar-refractivity contribution in [3.63, 3.8) is 0 Å². The van der Waals surface area contributed by atoms with Crippen molar-refractivity contribution in [2.24, 2.45) is 16.5 Å². The molecule has 0 radical (unpaired) electrons. The molecule has 0 unspecified atom stereocenters. The molecule has 1 aromatic heterocycles. The molecule has 1 aromatic rings. The summed E-state index contributed by atoms with van der Waals surface area (Å²) in [6, 6.07) is 1.76. The van der Waals surface area contributed by atoms with Crippen molar-refractivity contribution in [1.82, 2.24) is 4.57 Å². The quantitative estimate of drug-likeness (QED) is 0.504. The summed E-state index contributed by atoms with van der Waals surface area (Å²) in [4.78, 5) is 28.0. The summed E-state index contributed by atoms with van der Waals surface area (Å²) in [5.41, 5.74) is 13.7. The molecule has 2 heterocycles. The Morgan fingerprint density at radius 1 is 1.39 bits per heavy atom. The van der Waals surface area contributed by atoms with E-state index in [1.54, 1.807) is 12.1 Å². The van der Waals surface area contributed by atoms with E-state index in [2.05, 4.69) is 11.6 Å². The first-order valence-corrected chi connectivity index (χ1v) is 7.61. The van der Waals surface area contributed by atoms with Gasteiger partial charge >= 0.3 is 0 Å². The number of carbonyl (C=O) groups is 2. The summed E-state index contributed by atoms with van der Waals surface area (Å²) in [7, 11) is 0. The van der Waals surface area contributed by atoms with Crippen molar-refractivity contribution < 1.29 is 9.59 Å². The van der Waals surface area contributed by atoms with Gasteiger partial charge in [0.05, 0.1) is 0 Å². The van der Waals surface area contributed by atoms with E-state index in [-0.39, 0.29) is 11.7 Å². The van der Waals surface area contributed by atoms with Crippen LogP contribution in [0.5, 0.6) is 0 Å². The third kappa shape index (κ3) is 3.77. The number of nitrogens with zero attached hydrogens (tertiary/aromatic N) is 2. The van der Waals surface area contributed by atoms with Crippen LogP contribution in [-0.4, -0.2) is 22.2 Å². The van der Waals surface area contributed by atoms with Crippen LogP contribution < -0.4 is 11.5 Å². The van der Waals surface area contributed by atoms with Crippen LogP contribution in [0.2, 0.25) is 0 Å². The lowest BCUT2D eigenvalue weighted by atomic mass is 10.0. The number of hydrogen-bond donors (Lipinski definition) is 2. The largest absolute Gasteiger partial charge is 0.370 e. The fraction of sp³-hybridized carbons (Fsp3) is 0.353. The van der Waals surface area contributed by atoms with Crippen LogP contribution in [-0.2, 0) is 17.8 Å². The highest BCUT2D eigenvalue weighted by molar-refractivity contribution is 6.02. The Balaban J connectivity index is 2.62. The van der Waals surface area contributed by atoms with Gasteiger partial charge in [-0.25, -0.2) is 0 Å². The molecule has 0 atom stereocenters. The summed E-state index contributed by atoms with van der Waals surface area (Å²) in [5, 5.41) is 0. The Kier molecular flexibility index (Phi) is 5.16. The topological polar surface area (TPSA) is 103 Å². The number of amides is 1. The molecule has 122 valence electrons. The Bertz CT molecular complexity index is 706. The van der Waals surface area contributed by atoms with Crippen LogP contribution in [0.15, 0.2) is 29.8 Å². The van der Waals surface area contributed by atoms with E-state index in [0.29, 0.717) is 25.1 Å².